The Kier molecular flexibility index (Phi) is 7.42. The Hall–Kier alpha value is -1.65. The number of carbonyl (C=O) groups is 1. The number of rotatable bonds is 7. The lowest BCUT2D eigenvalue weighted by atomic mass is 9.75. The Morgan fingerprint density at radius 3 is 2.73 bits per heavy atom. The van der Waals surface area contributed by atoms with E-state index >= 15 is 0 Å². The molecule has 1 atom stereocenters. The monoisotopic (exact) mass is 376 g/mol. The van der Waals surface area contributed by atoms with Crippen molar-refractivity contribution in [1.29, 1.82) is 0 Å². The molecule has 0 bridgehead atoms. The van der Waals surface area contributed by atoms with Gasteiger partial charge in [-0.1, -0.05) is 37.9 Å². The van der Waals surface area contributed by atoms with Gasteiger partial charge < -0.3 is 10.5 Å². The number of aliphatic imine (C=N–C) groups is 1. The molecule has 2 rings (SSSR count). The molecular formula is C21H29ClN2O2. The number of Topliss-reactive ketones (excluding diaryl/α,β-unsaturated/α-hetero) is 1. The van der Waals surface area contributed by atoms with Crippen molar-refractivity contribution in [1.82, 2.24) is 0 Å². The summed E-state index contributed by atoms with van der Waals surface area (Å²) in [5, 5.41) is 0.628. The van der Waals surface area contributed by atoms with Crippen LogP contribution in [0, 0.1) is 0 Å². The predicted octanol–water partition coefficient (Wildman–Crippen LogP) is 5.36. The fraction of sp³-hybridized carbons (Fsp3) is 0.524. The molecule has 1 aliphatic carbocycles. The Morgan fingerprint density at radius 1 is 1.35 bits per heavy atom. The number of nitrogens with zero attached hydrogens (tertiary/aromatic N) is 1. The first-order chi connectivity index (χ1) is 12.4. The van der Waals surface area contributed by atoms with E-state index in [1.807, 2.05) is 24.3 Å². The van der Waals surface area contributed by atoms with Crippen molar-refractivity contribution in [2.45, 2.75) is 64.9 Å². The molecule has 1 unspecified atom stereocenters. The van der Waals surface area contributed by atoms with Gasteiger partial charge in [-0.15, -0.1) is 0 Å². The zero-order valence-electron chi connectivity index (χ0n) is 16.0. The van der Waals surface area contributed by atoms with Crippen LogP contribution < -0.4 is 5.73 Å². The second-order valence-corrected chi connectivity index (χ2v) is 7.27. The van der Waals surface area contributed by atoms with E-state index in [0.29, 0.717) is 17.3 Å². The van der Waals surface area contributed by atoms with Crippen LogP contribution in [0.15, 0.2) is 40.5 Å². The highest BCUT2D eigenvalue weighted by Gasteiger charge is 2.41. The van der Waals surface area contributed by atoms with Gasteiger partial charge >= 0.3 is 0 Å². The second-order valence-electron chi connectivity index (χ2n) is 6.84. The minimum atomic E-state index is -0.499. The summed E-state index contributed by atoms with van der Waals surface area (Å²) in [6.07, 6.45) is 5.30. The zero-order valence-corrected chi connectivity index (χ0v) is 16.7. The molecule has 142 valence electrons. The lowest BCUT2D eigenvalue weighted by Gasteiger charge is -2.40. The third kappa shape index (κ3) is 4.74. The van der Waals surface area contributed by atoms with Crippen molar-refractivity contribution in [2.75, 3.05) is 6.61 Å². The maximum absolute atomic E-state index is 12.0. The largest absolute Gasteiger partial charge is 0.396 e. The van der Waals surface area contributed by atoms with E-state index in [-0.39, 0.29) is 5.78 Å². The first-order valence-corrected chi connectivity index (χ1v) is 9.80. The van der Waals surface area contributed by atoms with Crippen LogP contribution >= 0.6 is 11.6 Å². The molecule has 0 aromatic heterocycles. The standard InChI is InChI=1S/C21H29ClN2O2/c1-4-11-21(26-13-5-2)12-7-10-18(19(23)15(3)25)20(21)24-17-9-6-8-16(22)14-17/h6,8-9,14H,4-5,7,10-13,23H2,1-3H3/b19-18-,24-20?. The van der Waals surface area contributed by atoms with E-state index in [9.17, 15) is 4.79 Å². The molecule has 26 heavy (non-hydrogen) atoms. The average Bonchev–Trinajstić information content (AvgIpc) is 2.61. The van der Waals surface area contributed by atoms with Crippen molar-refractivity contribution in [3.63, 3.8) is 0 Å². The van der Waals surface area contributed by atoms with E-state index in [1.54, 1.807) is 0 Å². The molecule has 0 spiro atoms. The molecule has 0 saturated heterocycles. The Labute approximate surface area is 161 Å². The predicted molar refractivity (Wildman–Crippen MR) is 108 cm³/mol. The van der Waals surface area contributed by atoms with E-state index < -0.39 is 5.60 Å². The summed E-state index contributed by atoms with van der Waals surface area (Å²) in [5.41, 5.74) is 8.36. The van der Waals surface area contributed by atoms with Crippen molar-refractivity contribution in [3.8, 4) is 0 Å². The molecule has 0 radical (unpaired) electrons. The fourth-order valence-corrected chi connectivity index (χ4v) is 3.72. The number of allylic oxidation sites excluding steroid dienone is 1. The average molecular weight is 377 g/mol. The van der Waals surface area contributed by atoms with Gasteiger partial charge in [-0.05, 0) is 50.3 Å². The molecule has 1 saturated carbocycles. The Morgan fingerprint density at radius 2 is 2.12 bits per heavy atom. The molecule has 0 aliphatic heterocycles. The van der Waals surface area contributed by atoms with Crippen molar-refractivity contribution >= 4 is 28.8 Å². The first-order valence-electron chi connectivity index (χ1n) is 9.42. The number of ether oxygens (including phenoxy) is 1. The maximum Gasteiger partial charge on any atom is 0.175 e. The third-order valence-electron chi connectivity index (χ3n) is 4.71. The molecular weight excluding hydrogens is 348 g/mol. The molecule has 1 aromatic rings. The Balaban J connectivity index is 2.64. The highest BCUT2D eigenvalue weighted by Crippen LogP contribution is 2.39. The minimum Gasteiger partial charge on any atom is -0.396 e. The van der Waals surface area contributed by atoms with Gasteiger partial charge in [-0.25, -0.2) is 4.99 Å². The van der Waals surface area contributed by atoms with Crippen LogP contribution in [-0.2, 0) is 9.53 Å². The molecule has 5 heteroatoms. The lowest BCUT2D eigenvalue weighted by molar-refractivity contribution is -0.113. The number of halogens is 1. The molecule has 4 nitrogen and oxygen atoms in total. The number of hydrogen-bond donors (Lipinski definition) is 1. The summed E-state index contributed by atoms with van der Waals surface area (Å²) in [7, 11) is 0. The summed E-state index contributed by atoms with van der Waals surface area (Å²) in [5.74, 6) is -0.124. The summed E-state index contributed by atoms with van der Waals surface area (Å²) in [6, 6.07) is 7.42. The van der Waals surface area contributed by atoms with Crippen LogP contribution in [0.2, 0.25) is 5.02 Å². The summed E-state index contributed by atoms with van der Waals surface area (Å²) < 4.78 is 6.37. The molecule has 1 fully saturated rings. The van der Waals surface area contributed by atoms with Gasteiger partial charge in [0.25, 0.3) is 0 Å². The minimum absolute atomic E-state index is 0.124. The smallest absolute Gasteiger partial charge is 0.175 e. The number of nitrogens with two attached hydrogens (primary N) is 1. The number of carbonyl (C=O) groups excluding carboxylic acids is 1. The van der Waals surface area contributed by atoms with Gasteiger partial charge in [-0.2, -0.15) is 0 Å². The van der Waals surface area contributed by atoms with Gasteiger partial charge in [0.2, 0.25) is 0 Å². The van der Waals surface area contributed by atoms with Crippen LogP contribution in [0.4, 0.5) is 5.69 Å². The van der Waals surface area contributed by atoms with E-state index in [1.165, 1.54) is 6.92 Å². The summed E-state index contributed by atoms with van der Waals surface area (Å²) >= 11 is 6.14. The van der Waals surface area contributed by atoms with Gasteiger partial charge in [0.1, 0.15) is 5.60 Å². The van der Waals surface area contributed by atoms with Crippen LogP contribution in [0.25, 0.3) is 0 Å². The Bertz CT molecular complexity index is 708. The summed E-state index contributed by atoms with van der Waals surface area (Å²) in [4.78, 5) is 16.9. The van der Waals surface area contributed by atoms with Crippen molar-refractivity contribution < 1.29 is 9.53 Å². The lowest BCUT2D eigenvalue weighted by Crippen LogP contribution is -2.46. The fourth-order valence-electron chi connectivity index (χ4n) is 3.54. The topological polar surface area (TPSA) is 64.7 Å². The van der Waals surface area contributed by atoms with Crippen LogP contribution in [0.3, 0.4) is 0 Å². The number of ketones is 1. The van der Waals surface area contributed by atoms with Gasteiger partial charge in [0, 0.05) is 24.1 Å². The maximum atomic E-state index is 12.0. The molecule has 0 heterocycles. The molecule has 1 aromatic carbocycles. The van der Waals surface area contributed by atoms with E-state index in [2.05, 4.69) is 13.8 Å². The second kappa shape index (κ2) is 9.33. The zero-order chi connectivity index (χ0) is 19.2. The van der Waals surface area contributed by atoms with Gasteiger partial charge in [0.05, 0.1) is 17.1 Å². The van der Waals surface area contributed by atoms with Crippen LogP contribution in [0.1, 0.15) is 59.3 Å². The van der Waals surface area contributed by atoms with E-state index in [4.69, 9.17) is 27.1 Å². The molecule has 1 aliphatic rings. The van der Waals surface area contributed by atoms with Gasteiger partial charge in [-0.3, -0.25) is 4.79 Å². The SMILES string of the molecule is CCCOC1(CCC)CCC/C(=C(/N)C(C)=O)C1=Nc1cccc(Cl)c1. The van der Waals surface area contributed by atoms with Crippen LogP contribution in [0.5, 0.6) is 0 Å². The number of benzene rings is 1. The highest BCUT2D eigenvalue weighted by atomic mass is 35.5. The molecule has 2 N–H and O–H groups in total. The highest BCUT2D eigenvalue weighted by molar-refractivity contribution is 6.30. The first kappa shape index (κ1) is 20.7. The van der Waals surface area contributed by atoms with Crippen molar-refractivity contribution in [2.24, 2.45) is 10.7 Å². The van der Waals surface area contributed by atoms with Crippen LogP contribution in [-0.4, -0.2) is 23.7 Å². The normalized spacial score (nSPS) is 23.9. The summed E-state index contributed by atoms with van der Waals surface area (Å²) in [6.45, 7) is 6.39. The third-order valence-corrected chi connectivity index (χ3v) is 4.95. The number of hydrogen-bond acceptors (Lipinski definition) is 4. The molecule has 0 amide bonds. The van der Waals surface area contributed by atoms with Crippen molar-refractivity contribution in [3.05, 3.63) is 40.6 Å². The van der Waals surface area contributed by atoms with E-state index in [0.717, 1.165) is 55.5 Å². The quantitative estimate of drug-likeness (QED) is 0.651. The van der Waals surface area contributed by atoms with Gasteiger partial charge in [0.15, 0.2) is 5.78 Å².